The molecule has 0 radical (unpaired) electrons. The maximum Gasteiger partial charge on any atom is 0.0791 e. The summed E-state index contributed by atoms with van der Waals surface area (Å²) in [6, 6.07) is 0. The highest BCUT2D eigenvalue weighted by atomic mass is 16.3. The standard InChI is InChI=1S/C15H31N3O/c1-2-17-9-5-14(6-10-17)11-16-12-15(19)13-18-7-3-4-8-18/h14-16,19H,2-13H2,1H3. The summed E-state index contributed by atoms with van der Waals surface area (Å²) in [5.74, 6) is 0.807. The van der Waals surface area contributed by atoms with Crippen LogP contribution in [0.25, 0.3) is 0 Å². The van der Waals surface area contributed by atoms with Crippen molar-refractivity contribution in [2.24, 2.45) is 5.92 Å². The SMILES string of the molecule is CCN1CCC(CNCC(O)CN2CCCC2)CC1. The third-order valence-corrected chi connectivity index (χ3v) is 4.63. The van der Waals surface area contributed by atoms with Crippen molar-refractivity contribution in [2.45, 2.75) is 38.7 Å². The molecule has 112 valence electrons. The van der Waals surface area contributed by atoms with E-state index in [-0.39, 0.29) is 6.10 Å². The predicted octanol–water partition coefficient (Wildman–Crippen LogP) is 0.765. The van der Waals surface area contributed by atoms with Gasteiger partial charge in [0, 0.05) is 13.1 Å². The second kappa shape index (κ2) is 8.20. The van der Waals surface area contributed by atoms with Gasteiger partial charge in [0.25, 0.3) is 0 Å². The van der Waals surface area contributed by atoms with Crippen LogP contribution in [0.5, 0.6) is 0 Å². The Kier molecular flexibility index (Phi) is 6.57. The number of likely N-dealkylation sites (tertiary alicyclic amines) is 2. The molecule has 0 bridgehead atoms. The Hall–Kier alpha value is -0.160. The summed E-state index contributed by atoms with van der Waals surface area (Å²) in [4.78, 5) is 4.91. The van der Waals surface area contributed by atoms with Crippen molar-refractivity contribution in [2.75, 3.05) is 52.4 Å². The van der Waals surface area contributed by atoms with Crippen LogP contribution in [0.15, 0.2) is 0 Å². The highest BCUT2D eigenvalue weighted by molar-refractivity contribution is 4.75. The molecule has 4 heteroatoms. The fourth-order valence-corrected chi connectivity index (χ4v) is 3.29. The molecule has 2 rings (SSSR count). The lowest BCUT2D eigenvalue weighted by Gasteiger charge is -2.31. The van der Waals surface area contributed by atoms with Crippen LogP contribution < -0.4 is 5.32 Å². The van der Waals surface area contributed by atoms with E-state index in [1.54, 1.807) is 0 Å². The van der Waals surface area contributed by atoms with Crippen LogP contribution in [0, 0.1) is 5.92 Å². The van der Waals surface area contributed by atoms with Crippen molar-refractivity contribution < 1.29 is 5.11 Å². The smallest absolute Gasteiger partial charge is 0.0791 e. The van der Waals surface area contributed by atoms with E-state index in [1.165, 1.54) is 58.4 Å². The van der Waals surface area contributed by atoms with Gasteiger partial charge in [0.15, 0.2) is 0 Å². The lowest BCUT2D eigenvalue weighted by molar-refractivity contribution is 0.119. The number of hydrogen-bond acceptors (Lipinski definition) is 4. The number of aliphatic hydroxyl groups excluding tert-OH is 1. The molecular weight excluding hydrogens is 238 g/mol. The molecule has 2 N–H and O–H groups in total. The number of β-amino-alcohol motifs (C(OH)–C–C–N with tert-alkyl or cyclic N) is 1. The minimum atomic E-state index is -0.200. The second-order valence-electron chi connectivity index (χ2n) is 6.20. The summed E-state index contributed by atoms with van der Waals surface area (Å²) in [6.07, 6.45) is 5.02. The molecule has 0 aromatic rings. The van der Waals surface area contributed by atoms with Crippen LogP contribution in [-0.2, 0) is 0 Å². The molecule has 0 spiro atoms. The van der Waals surface area contributed by atoms with E-state index in [2.05, 4.69) is 22.0 Å². The Balaban J connectivity index is 1.51. The van der Waals surface area contributed by atoms with Crippen molar-refractivity contribution in [3.8, 4) is 0 Å². The summed E-state index contributed by atoms with van der Waals surface area (Å²) in [7, 11) is 0. The van der Waals surface area contributed by atoms with E-state index >= 15 is 0 Å². The molecule has 0 aromatic heterocycles. The zero-order valence-corrected chi connectivity index (χ0v) is 12.5. The molecule has 0 aliphatic carbocycles. The highest BCUT2D eigenvalue weighted by Gasteiger charge is 2.19. The topological polar surface area (TPSA) is 38.7 Å². The molecule has 0 aromatic carbocycles. The summed E-state index contributed by atoms with van der Waals surface area (Å²) in [6.45, 7) is 11.0. The zero-order chi connectivity index (χ0) is 13.5. The van der Waals surface area contributed by atoms with E-state index in [9.17, 15) is 5.11 Å². The molecule has 4 nitrogen and oxygen atoms in total. The number of nitrogens with one attached hydrogen (secondary N) is 1. The molecule has 0 amide bonds. The Morgan fingerprint density at radius 1 is 1.11 bits per heavy atom. The van der Waals surface area contributed by atoms with Crippen LogP contribution in [0.2, 0.25) is 0 Å². The molecular formula is C15H31N3O. The summed E-state index contributed by atoms with van der Waals surface area (Å²) in [5.41, 5.74) is 0. The van der Waals surface area contributed by atoms with Crippen LogP contribution in [0.3, 0.4) is 0 Å². The molecule has 2 heterocycles. The molecule has 0 saturated carbocycles. The normalized spacial score (nSPS) is 24.9. The first kappa shape index (κ1) is 15.2. The maximum atomic E-state index is 10.0. The minimum absolute atomic E-state index is 0.200. The molecule has 1 atom stereocenters. The highest BCUT2D eigenvalue weighted by Crippen LogP contribution is 2.15. The number of rotatable bonds is 7. The van der Waals surface area contributed by atoms with E-state index in [0.717, 1.165) is 25.6 Å². The van der Waals surface area contributed by atoms with Crippen LogP contribution in [-0.4, -0.2) is 73.4 Å². The molecule has 2 fully saturated rings. The molecule has 2 aliphatic heterocycles. The quantitative estimate of drug-likeness (QED) is 0.716. The van der Waals surface area contributed by atoms with E-state index in [1.807, 2.05) is 0 Å². The maximum absolute atomic E-state index is 10.0. The zero-order valence-electron chi connectivity index (χ0n) is 12.5. The lowest BCUT2D eigenvalue weighted by atomic mass is 9.97. The van der Waals surface area contributed by atoms with Crippen molar-refractivity contribution in [1.29, 1.82) is 0 Å². The average Bonchev–Trinajstić information content (AvgIpc) is 2.92. The molecule has 2 aliphatic rings. The minimum Gasteiger partial charge on any atom is -0.390 e. The Labute approximate surface area is 118 Å². The fourth-order valence-electron chi connectivity index (χ4n) is 3.29. The summed E-state index contributed by atoms with van der Waals surface area (Å²) >= 11 is 0. The largest absolute Gasteiger partial charge is 0.390 e. The fraction of sp³-hybridized carbons (Fsp3) is 1.00. The van der Waals surface area contributed by atoms with Gasteiger partial charge in [-0.2, -0.15) is 0 Å². The second-order valence-corrected chi connectivity index (χ2v) is 6.20. The van der Waals surface area contributed by atoms with E-state index in [4.69, 9.17) is 0 Å². The first-order chi connectivity index (χ1) is 9.28. The van der Waals surface area contributed by atoms with Gasteiger partial charge in [-0.15, -0.1) is 0 Å². The molecule has 1 unspecified atom stereocenters. The third kappa shape index (κ3) is 5.38. The van der Waals surface area contributed by atoms with Crippen LogP contribution in [0.1, 0.15) is 32.6 Å². The van der Waals surface area contributed by atoms with Gasteiger partial charge in [-0.3, -0.25) is 0 Å². The number of hydrogen-bond donors (Lipinski definition) is 2. The predicted molar refractivity (Wildman–Crippen MR) is 79.4 cm³/mol. The number of nitrogens with zero attached hydrogens (tertiary/aromatic N) is 2. The van der Waals surface area contributed by atoms with Gasteiger partial charge in [-0.25, -0.2) is 0 Å². The molecule has 19 heavy (non-hydrogen) atoms. The third-order valence-electron chi connectivity index (χ3n) is 4.63. The van der Waals surface area contributed by atoms with Gasteiger partial charge in [0.1, 0.15) is 0 Å². The monoisotopic (exact) mass is 269 g/mol. The van der Waals surface area contributed by atoms with Gasteiger partial charge in [0.2, 0.25) is 0 Å². The van der Waals surface area contributed by atoms with Crippen LogP contribution in [0.4, 0.5) is 0 Å². The van der Waals surface area contributed by atoms with Crippen molar-refractivity contribution >= 4 is 0 Å². The van der Waals surface area contributed by atoms with Crippen molar-refractivity contribution in [3.05, 3.63) is 0 Å². The van der Waals surface area contributed by atoms with Crippen molar-refractivity contribution in [1.82, 2.24) is 15.1 Å². The Morgan fingerprint density at radius 2 is 1.79 bits per heavy atom. The van der Waals surface area contributed by atoms with E-state index < -0.39 is 0 Å². The number of aliphatic hydroxyl groups is 1. The average molecular weight is 269 g/mol. The lowest BCUT2D eigenvalue weighted by Crippen LogP contribution is -2.41. The van der Waals surface area contributed by atoms with Gasteiger partial charge >= 0.3 is 0 Å². The Morgan fingerprint density at radius 3 is 2.42 bits per heavy atom. The van der Waals surface area contributed by atoms with Gasteiger partial charge in [-0.05, 0) is 70.9 Å². The first-order valence-electron chi connectivity index (χ1n) is 8.11. The molecule has 2 saturated heterocycles. The van der Waals surface area contributed by atoms with Gasteiger partial charge in [0.05, 0.1) is 6.10 Å². The van der Waals surface area contributed by atoms with Crippen molar-refractivity contribution in [3.63, 3.8) is 0 Å². The van der Waals surface area contributed by atoms with Gasteiger partial charge in [-0.1, -0.05) is 6.92 Å². The van der Waals surface area contributed by atoms with E-state index in [0.29, 0.717) is 0 Å². The summed E-state index contributed by atoms with van der Waals surface area (Å²) < 4.78 is 0. The van der Waals surface area contributed by atoms with Gasteiger partial charge < -0.3 is 20.2 Å². The Bertz CT molecular complexity index is 236. The van der Waals surface area contributed by atoms with Crippen LogP contribution >= 0.6 is 0 Å². The summed E-state index contributed by atoms with van der Waals surface area (Å²) in [5, 5.41) is 13.5. The number of piperidine rings is 1. The first-order valence-corrected chi connectivity index (χ1v) is 8.11.